The van der Waals surface area contributed by atoms with Crippen LogP contribution in [0.2, 0.25) is 0 Å². The van der Waals surface area contributed by atoms with E-state index in [2.05, 4.69) is 36.1 Å². The Bertz CT molecular complexity index is 974. The number of aromatic nitrogens is 5. The van der Waals surface area contributed by atoms with Crippen LogP contribution in [0.1, 0.15) is 24.2 Å². The molecule has 0 aliphatic carbocycles. The lowest BCUT2D eigenvalue weighted by atomic mass is 10.1. The van der Waals surface area contributed by atoms with Crippen molar-refractivity contribution in [3.8, 4) is 0 Å². The van der Waals surface area contributed by atoms with Crippen molar-refractivity contribution in [1.82, 2.24) is 29.7 Å². The van der Waals surface area contributed by atoms with Gasteiger partial charge in [0, 0.05) is 44.1 Å². The van der Waals surface area contributed by atoms with E-state index in [0.717, 1.165) is 37.0 Å². The van der Waals surface area contributed by atoms with Crippen molar-refractivity contribution in [2.75, 3.05) is 18.0 Å². The Morgan fingerprint density at radius 1 is 1.04 bits per heavy atom. The fourth-order valence-electron chi connectivity index (χ4n) is 4.26. The van der Waals surface area contributed by atoms with E-state index >= 15 is 0 Å². The summed E-state index contributed by atoms with van der Waals surface area (Å²) in [5.74, 6) is -0.571. The summed E-state index contributed by atoms with van der Waals surface area (Å²) in [7, 11) is 0. The van der Waals surface area contributed by atoms with Gasteiger partial charge in [0.25, 0.3) is 5.82 Å². The third-order valence-electron chi connectivity index (χ3n) is 5.55. The van der Waals surface area contributed by atoms with Crippen molar-refractivity contribution in [1.29, 1.82) is 0 Å². The SMILES string of the molecule is FC(F)(F)c1nnc2ccc(N3CC4CC[C@@H](C3)N4Cc3cccnc3)nn12. The number of fused-ring (bicyclic) bond motifs is 3. The average Bonchev–Trinajstić information content (AvgIpc) is 3.19. The van der Waals surface area contributed by atoms with Gasteiger partial charge in [0.1, 0.15) is 5.82 Å². The highest BCUT2D eigenvalue weighted by atomic mass is 19.4. The van der Waals surface area contributed by atoms with E-state index in [1.54, 1.807) is 12.3 Å². The van der Waals surface area contributed by atoms with Gasteiger partial charge in [0.2, 0.25) is 0 Å². The summed E-state index contributed by atoms with van der Waals surface area (Å²) in [6.45, 7) is 2.31. The molecule has 0 radical (unpaired) electrons. The summed E-state index contributed by atoms with van der Waals surface area (Å²) < 4.78 is 40.2. The molecule has 2 bridgehead atoms. The van der Waals surface area contributed by atoms with Crippen molar-refractivity contribution in [2.24, 2.45) is 0 Å². The van der Waals surface area contributed by atoms with E-state index in [1.165, 1.54) is 11.6 Å². The molecule has 7 nitrogen and oxygen atoms in total. The Balaban J connectivity index is 1.39. The fourth-order valence-corrected chi connectivity index (χ4v) is 4.26. The Hall–Kier alpha value is -2.75. The van der Waals surface area contributed by atoms with E-state index in [1.807, 2.05) is 12.3 Å². The number of alkyl halides is 3. The van der Waals surface area contributed by atoms with Gasteiger partial charge >= 0.3 is 6.18 Å². The number of hydrogen-bond acceptors (Lipinski definition) is 6. The molecule has 0 aromatic carbocycles. The van der Waals surface area contributed by atoms with Crippen molar-refractivity contribution < 1.29 is 13.2 Å². The standard InChI is InChI=1S/C18H18F3N7/c19-18(20,21)17-24-23-15-5-6-16(25-28(15)17)26-10-13-3-4-14(11-26)27(13)9-12-2-1-7-22-8-12/h1-2,5-8,13-14H,3-4,9-11H2/t13-,14?/m0/s1. The smallest absolute Gasteiger partial charge is 0.352 e. The second-order valence-corrected chi connectivity index (χ2v) is 7.31. The highest BCUT2D eigenvalue weighted by molar-refractivity contribution is 5.47. The monoisotopic (exact) mass is 389 g/mol. The van der Waals surface area contributed by atoms with Gasteiger partial charge in [-0.2, -0.15) is 17.7 Å². The highest BCUT2D eigenvalue weighted by Crippen LogP contribution is 2.34. The molecule has 5 rings (SSSR count). The first-order valence-electron chi connectivity index (χ1n) is 9.18. The summed E-state index contributed by atoms with van der Waals surface area (Å²) in [4.78, 5) is 8.73. The van der Waals surface area contributed by atoms with Crippen LogP contribution in [0.3, 0.4) is 0 Å². The van der Waals surface area contributed by atoms with Crippen LogP contribution >= 0.6 is 0 Å². The first-order valence-corrected chi connectivity index (χ1v) is 9.18. The quantitative estimate of drug-likeness (QED) is 0.686. The van der Waals surface area contributed by atoms with E-state index in [0.29, 0.717) is 17.9 Å². The number of rotatable bonds is 3. The number of piperazine rings is 1. The minimum absolute atomic E-state index is 0.0919. The molecular weight excluding hydrogens is 371 g/mol. The van der Waals surface area contributed by atoms with Gasteiger partial charge in [-0.25, -0.2) is 0 Å². The van der Waals surface area contributed by atoms with Crippen molar-refractivity contribution in [2.45, 2.75) is 37.6 Å². The maximum atomic E-state index is 13.1. The first-order chi connectivity index (χ1) is 13.5. The molecule has 2 atom stereocenters. The molecule has 0 saturated carbocycles. The second-order valence-electron chi connectivity index (χ2n) is 7.31. The van der Waals surface area contributed by atoms with Crippen molar-refractivity contribution in [3.05, 3.63) is 48.0 Å². The van der Waals surface area contributed by atoms with Crippen LogP contribution in [0.15, 0.2) is 36.7 Å². The summed E-state index contributed by atoms with van der Waals surface area (Å²) in [5, 5.41) is 11.0. The van der Waals surface area contributed by atoms with Crippen LogP contribution in [0, 0.1) is 0 Å². The van der Waals surface area contributed by atoms with E-state index in [4.69, 9.17) is 0 Å². The largest absolute Gasteiger partial charge is 0.453 e. The molecule has 2 aliphatic rings. The molecule has 10 heteroatoms. The molecule has 28 heavy (non-hydrogen) atoms. The third kappa shape index (κ3) is 2.97. The predicted molar refractivity (Wildman–Crippen MR) is 94.6 cm³/mol. The van der Waals surface area contributed by atoms with Crippen molar-refractivity contribution in [3.63, 3.8) is 0 Å². The van der Waals surface area contributed by atoms with Crippen LogP contribution in [0.4, 0.5) is 19.0 Å². The number of hydrogen-bond donors (Lipinski definition) is 0. The van der Waals surface area contributed by atoms with E-state index in [9.17, 15) is 13.2 Å². The normalized spacial score (nSPS) is 22.9. The van der Waals surface area contributed by atoms with Gasteiger partial charge in [0.15, 0.2) is 5.65 Å². The lowest BCUT2D eigenvalue weighted by Gasteiger charge is -2.41. The topological polar surface area (TPSA) is 62.5 Å². The lowest BCUT2D eigenvalue weighted by molar-refractivity contribution is -0.146. The maximum absolute atomic E-state index is 13.1. The summed E-state index contributed by atoms with van der Waals surface area (Å²) in [6.07, 6.45) is 1.20. The predicted octanol–water partition coefficient (Wildman–Crippen LogP) is 2.39. The Labute approximate surface area is 158 Å². The van der Waals surface area contributed by atoms with E-state index < -0.39 is 12.0 Å². The van der Waals surface area contributed by atoms with Gasteiger partial charge in [-0.3, -0.25) is 9.88 Å². The molecule has 2 aliphatic heterocycles. The highest BCUT2D eigenvalue weighted by Gasteiger charge is 2.41. The van der Waals surface area contributed by atoms with Gasteiger partial charge in [0.05, 0.1) is 0 Å². The minimum atomic E-state index is -4.59. The van der Waals surface area contributed by atoms with E-state index in [-0.39, 0.29) is 5.65 Å². The van der Waals surface area contributed by atoms with Crippen LogP contribution < -0.4 is 4.90 Å². The third-order valence-corrected chi connectivity index (χ3v) is 5.55. The summed E-state index contributed by atoms with van der Waals surface area (Å²) in [6, 6.07) is 7.96. The zero-order chi connectivity index (χ0) is 19.3. The fraction of sp³-hybridized carbons (Fsp3) is 0.444. The van der Waals surface area contributed by atoms with Gasteiger partial charge in [-0.1, -0.05) is 6.07 Å². The Kier molecular flexibility index (Phi) is 3.97. The molecule has 2 fully saturated rings. The molecule has 2 saturated heterocycles. The molecule has 3 aromatic heterocycles. The zero-order valence-electron chi connectivity index (χ0n) is 14.9. The Morgan fingerprint density at radius 3 is 2.50 bits per heavy atom. The molecule has 0 spiro atoms. The second kappa shape index (κ2) is 6.40. The Morgan fingerprint density at radius 2 is 1.82 bits per heavy atom. The lowest BCUT2D eigenvalue weighted by Crippen LogP contribution is -2.53. The average molecular weight is 389 g/mol. The number of nitrogens with zero attached hydrogens (tertiary/aromatic N) is 7. The zero-order valence-corrected chi connectivity index (χ0v) is 14.9. The van der Waals surface area contributed by atoms with Crippen LogP contribution in [0.5, 0.6) is 0 Å². The minimum Gasteiger partial charge on any atom is -0.352 e. The van der Waals surface area contributed by atoms with Crippen LogP contribution in [0.25, 0.3) is 5.65 Å². The molecule has 0 amide bonds. The summed E-state index contributed by atoms with van der Waals surface area (Å²) >= 11 is 0. The molecular formula is C18H18F3N7. The van der Waals surface area contributed by atoms with Gasteiger partial charge in [-0.15, -0.1) is 15.3 Å². The number of anilines is 1. The first kappa shape index (κ1) is 17.4. The molecule has 5 heterocycles. The summed E-state index contributed by atoms with van der Waals surface area (Å²) in [5.41, 5.74) is 1.26. The van der Waals surface area contributed by atoms with Crippen LogP contribution in [-0.4, -0.2) is 54.9 Å². The number of halogens is 3. The molecule has 3 aromatic rings. The maximum Gasteiger partial charge on any atom is 0.453 e. The molecule has 1 unspecified atom stereocenters. The van der Waals surface area contributed by atoms with Crippen LogP contribution in [-0.2, 0) is 12.7 Å². The molecule has 146 valence electrons. The molecule has 0 N–H and O–H groups in total. The van der Waals surface area contributed by atoms with Gasteiger partial charge in [-0.05, 0) is 36.6 Å². The number of pyridine rings is 1. The van der Waals surface area contributed by atoms with Gasteiger partial charge < -0.3 is 4.90 Å². The van der Waals surface area contributed by atoms with Crippen molar-refractivity contribution >= 4 is 11.5 Å².